The standard InChI is InChI=1S/C7H13N3O/c1-3-4-6(8)7-9-5(2)10-11-7/h6H,3-4,8H2,1-2H3. The van der Waals surface area contributed by atoms with E-state index in [0.29, 0.717) is 11.7 Å². The van der Waals surface area contributed by atoms with Crippen molar-refractivity contribution in [3.8, 4) is 0 Å². The first-order valence-corrected chi connectivity index (χ1v) is 3.79. The molecular weight excluding hydrogens is 142 g/mol. The van der Waals surface area contributed by atoms with Crippen LogP contribution in [0.3, 0.4) is 0 Å². The Labute approximate surface area is 65.8 Å². The molecule has 62 valence electrons. The molecule has 0 amide bonds. The molecule has 4 heteroatoms. The number of nitrogens with zero attached hydrogens (tertiary/aromatic N) is 2. The Morgan fingerprint density at radius 1 is 1.64 bits per heavy atom. The molecule has 1 rings (SSSR count). The van der Waals surface area contributed by atoms with Crippen molar-refractivity contribution < 1.29 is 4.52 Å². The Morgan fingerprint density at radius 3 is 2.82 bits per heavy atom. The van der Waals surface area contributed by atoms with Crippen molar-refractivity contribution in [2.24, 2.45) is 5.73 Å². The van der Waals surface area contributed by atoms with Gasteiger partial charge in [-0.15, -0.1) is 0 Å². The zero-order valence-corrected chi connectivity index (χ0v) is 6.87. The number of nitrogens with two attached hydrogens (primary N) is 1. The highest BCUT2D eigenvalue weighted by Gasteiger charge is 2.11. The lowest BCUT2D eigenvalue weighted by Gasteiger charge is -2.01. The maximum absolute atomic E-state index is 5.72. The minimum atomic E-state index is -0.0961. The molecule has 0 saturated carbocycles. The highest BCUT2D eigenvalue weighted by molar-refractivity contribution is 4.89. The zero-order chi connectivity index (χ0) is 8.27. The summed E-state index contributed by atoms with van der Waals surface area (Å²) < 4.78 is 4.89. The lowest BCUT2D eigenvalue weighted by Crippen LogP contribution is -2.09. The summed E-state index contributed by atoms with van der Waals surface area (Å²) in [6.07, 6.45) is 1.92. The summed E-state index contributed by atoms with van der Waals surface area (Å²) in [6, 6.07) is -0.0961. The molecule has 0 bridgehead atoms. The third-order valence-corrected chi connectivity index (χ3v) is 1.46. The molecule has 0 spiro atoms. The predicted molar refractivity (Wildman–Crippen MR) is 40.9 cm³/mol. The molecule has 1 aromatic heterocycles. The van der Waals surface area contributed by atoms with Gasteiger partial charge in [0.2, 0.25) is 5.89 Å². The number of hydrogen-bond donors (Lipinski definition) is 1. The first-order chi connectivity index (χ1) is 5.24. The van der Waals surface area contributed by atoms with Gasteiger partial charge in [0.15, 0.2) is 5.82 Å². The van der Waals surface area contributed by atoms with E-state index >= 15 is 0 Å². The van der Waals surface area contributed by atoms with Gasteiger partial charge < -0.3 is 10.3 Å². The summed E-state index contributed by atoms with van der Waals surface area (Å²) in [5, 5.41) is 3.65. The minimum absolute atomic E-state index is 0.0961. The van der Waals surface area contributed by atoms with Crippen LogP contribution in [-0.2, 0) is 0 Å². The largest absolute Gasteiger partial charge is 0.338 e. The fourth-order valence-electron chi connectivity index (χ4n) is 0.898. The monoisotopic (exact) mass is 155 g/mol. The summed E-state index contributed by atoms with van der Waals surface area (Å²) >= 11 is 0. The molecule has 11 heavy (non-hydrogen) atoms. The maximum Gasteiger partial charge on any atom is 0.243 e. The molecule has 0 saturated heterocycles. The average Bonchev–Trinajstić information content (AvgIpc) is 2.36. The van der Waals surface area contributed by atoms with Crippen LogP contribution < -0.4 is 5.73 Å². The van der Waals surface area contributed by atoms with Crippen LogP contribution in [0.1, 0.15) is 37.5 Å². The van der Waals surface area contributed by atoms with Crippen molar-refractivity contribution in [3.63, 3.8) is 0 Å². The fourth-order valence-corrected chi connectivity index (χ4v) is 0.898. The predicted octanol–water partition coefficient (Wildman–Crippen LogP) is 1.18. The summed E-state index contributed by atoms with van der Waals surface area (Å²) in [6.45, 7) is 3.86. The van der Waals surface area contributed by atoms with Gasteiger partial charge in [-0.3, -0.25) is 0 Å². The van der Waals surface area contributed by atoms with Gasteiger partial charge in [0.05, 0.1) is 6.04 Å². The van der Waals surface area contributed by atoms with Gasteiger partial charge in [0, 0.05) is 0 Å². The topological polar surface area (TPSA) is 64.9 Å². The van der Waals surface area contributed by atoms with Gasteiger partial charge in [-0.1, -0.05) is 18.5 Å². The Morgan fingerprint density at radius 2 is 2.36 bits per heavy atom. The molecule has 1 atom stereocenters. The van der Waals surface area contributed by atoms with Gasteiger partial charge in [0.1, 0.15) is 0 Å². The second-order valence-electron chi connectivity index (χ2n) is 2.57. The molecule has 0 aromatic carbocycles. The Bertz CT molecular complexity index is 221. The van der Waals surface area contributed by atoms with E-state index in [-0.39, 0.29) is 6.04 Å². The van der Waals surface area contributed by atoms with Crippen molar-refractivity contribution in [3.05, 3.63) is 11.7 Å². The molecule has 0 radical (unpaired) electrons. The van der Waals surface area contributed by atoms with Crippen molar-refractivity contribution >= 4 is 0 Å². The summed E-state index contributed by atoms with van der Waals surface area (Å²) in [4.78, 5) is 4.03. The summed E-state index contributed by atoms with van der Waals surface area (Å²) in [5.41, 5.74) is 5.72. The van der Waals surface area contributed by atoms with Crippen LogP contribution >= 0.6 is 0 Å². The van der Waals surface area contributed by atoms with Crippen molar-refractivity contribution in [2.45, 2.75) is 32.7 Å². The second-order valence-corrected chi connectivity index (χ2v) is 2.57. The van der Waals surface area contributed by atoms with Crippen molar-refractivity contribution in [1.29, 1.82) is 0 Å². The molecule has 0 fully saturated rings. The summed E-state index contributed by atoms with van der Waals surface area (Å²) in [5.74, 6) is 1.19. The number of aryl methyl sites for hydroxylation is 1. The molecule has 0 aliphatic heterocycles. The Hall–Kier alpha value is -0.900. The van der Waals surface area contributed by atoms with Crippen molar-refractivity contribution in [1.82, 2.24) is 10.1 Å². The molecule has 1 heterocycles. The van der Waals surface area contributed by atoms with Crippen LogP contribution in [0, 0.1) is 6.92 Å². The smallest absolute Gasteiger partial charge is 0.243 e. The lowest BCUT2D eigenvalue weighted by atomic mass is 10.2. The molecule has 0 aliphatic carbocycles. The Balaban J connectivity index is 2.60. The fraction of sp³-hybridized carbons (Fsp3) is 0.714. The normalized spacial score (nSPS) is 13.4. The molecule has 4 nitrogen and oxygen atoms in total. The maximum atomic E-state index is 5.72. The molecule has 1 unspecified atom stereocenters. The number of rotatable bonds is 3. The zero-order valence-electron chi connectivity index (χ0n) is 6.87. The van der Waals surface area contributed by atoms with Crippen molar-refractivity contribution in [2.75, 3.05) is 0 Å². The molecule has 1 aromatic rings. The van der Waals surface area contributed by atoms with E-state index in [9.17, 15) is 0 Å². The highest BCUT2D eigenvalue weighted by Crippen LogP contribution is 2.12. The van der Waals surface area contributed by atoms with Gasteiger partial charge in [-0.05, 0) is 13.3 Å². The minimum Gasteiger partial charge on any atom is -0.338 e. The third kappa shape index (κ3) is 2.01. The second kappa shape index (κ2) is 3.48. The lowest BCUT2D eigenvalue weighted by molar-refractivity contribution is 0.345. The summed E-state index contributed by atoms with van der Waals surface area (Å²) in [7, 11) is 0. The van der Waals surface area contributed by atoms with Crippen LogP contribution in [0.4, 0.5) is 0 Å². The highest BCUT2D eigenvalue weighted by atomic mass is 16.5. The quantitative estimate of drug-likeness (QED) is 0.711. The van der Waals surface area contributed by atoms with Crippen LogP contribution in [0.5, 0.6) is 0 Å². The third-order valence-electron chi connectivity index (χ3n) is 1.46. The van der Waals surface area contributed by atoms with Crippen LogP contribution in [0.2, 0.25) is 0 Å². The van der Waals surface area contributed by atoms with E-state index in [2.05, 4.69) is 17.1 Å². The van der Waals surface area contributed by atoms with Gasteiger partial charge in [-0.2, -0.15) is 4.98 Å². The van der Waals surface area contributed by atoms with Gasteiger partial charge in [-0.25, -0.2) is 0 Å². The van der Waals surface area contributed by atoms with Gasteiger partial charge >= 0.3 is 0 Å². The van der Waals surface area contributed by atoms with Gasteiger partial charge in [0.25, 0.3) is 0 Å². The molecule has 0 aliphatic rings. The molecular formula is C7H13N3O. The SMILES string of the molecule is CCCC(N)c1nc(C)no1. The van der Waals surface area contributed by atoms with Crippen LogP contribution in [0.15, 0.2) is 4.52 Å². The molecule has 2 N–H and O–H groups in total. The number of aromatic nitrogens is 2. The van der Waals surface area contributed by atoms with E-state index < -0.39 is 0 Å². The van der Waals surface area contributed by atoms with Crippen LogP contribution in [0.25, 0.3) is 0 Å². The first-order valence-electron chi connectivity index (χ1n) is 3.79. The van der Waals surface area contributed by atoms with E-state index in [0.717, 1.165) is 12.8 Å². The Kier molecular flexibility index (Phi) is 2.59. The number of hydrogen-bond acceptors (Lipinski definition) is 4. The van der Waals surface area contributed by atoms with E-state index in [1.807, 2.05) is 0 Å². The van der Waals surface area contributed by atoms with E-state index in [4.69, 9.17) is 10.3 Å². The van der Waals surface area contributed by atoms with E-state index in [1.165, 1.54) is 0 Å². The first kappa shape index (κ1) is 8.20. The van der Waals surface area contributed by atoms with E-state index in [1.54, 1.807) is 6.92 Å². The average molecular weight is 155 g/mol. The van der Waals surface area contributed by atoms with Crippen LogP contribution in [-0.4, -0.2) is 10.1 Å².